The Labute approximate surface area is 316 Å². The van der Waals surface area contributed by atoms with Gasteiger partial charge in [-0.2, -0.15) is 0 Å². The summed E-state index contributed by atoms with van der Waals surface area (Å²) in [4.78, 5) is 34.2. The number of carbonyl (C=O) groups is 2. The number of fused-ring (bicyclic) bond motifs is 2. The second-order valence-electron chi connectivity index (χ2n) is 12.9. The van der Waals surface area contributed by atoms with Gasteiger partial charge in [0.05, 0.1) is 46.2 Å². The van der Waals surface area contributed by atoms with Gasteiger partial charge in [0.15, 0.2) is 11.6 Å². The largest absolute Gasteiger partial charge is 0.508 e. The van der Waals surface area contributed by atoms with Crippen LogP contribution in [0, 0.1) is 13.8 Å². The van der Waals surface area contributed by atoms with Gasteiger partial charge in [0.25, 0.3) is 0 Å². The first-order valence-electron chi connectivity index (χ1n) is 17.6. The molecule has 0 amide bonds. The summed E-state index contributed by atoms with van der Waals surface area (Å²) in [6.07, 6.45) is 5.04. The van der Waals surface area contributed by atoms with Crippen LogP contribution in [0.5, 0.6) is 5.75 Å². The highest BCUT2D eigenvalue weighted by Crippen LogP contribution is 2.35. The fourth-order valence-corrected chi connectivity index (χ4v) is 6.18. The Kier molecular flexibility index (Phi) is 14.0. The van der Waals surface area contributed by atoms with Crippen LogP contribution in [-0.4, -0.2) is 36.9 Å². The van der Waals surface area contributed by atoms with Gasteiger partial charge in [0, 0.05) is 58.5 Å². The van der Waals surface area contributed by atoms with Crippen LogP contribution in [0.4, 0.5) is 22.7 Å². The third-order valence-corrected chi connectivity index (χ3v) is 8.96. The summed E-state index contributed by atoms with van der Waals surface area (Å²) in [5, 5.41) is 37.7. The quantitative estimate of drug-likeness (QED) is 0.0613. The molecule has 1 atom stereocenters. The van der Waals surface area contributed by atoms with Crippen molar-refractivity contribution >= 4 is 68.5 Å². The van der Waals surface area contributed by atoms with Crippen LogP contribution < -0.4 is 10.6 Å². The topological polar surface area (TPSA) is 145 Å². The van der Waals surface area contributed by atoms with Crippen LogP contribution in [0.2, 0.25) is 0 Å². The van der Waals surface area contributed by atoms with Crippen LogP contribution >= 0.6 is 12.4 Å². The maximum absolute atomic E-state index is 12.7. The lowest BCUT2D eigenvalue weighted by Crippen LogP contribution is -2.07. The van der Waals surface area contributed by atoms with Gasteiger partial charge in [-0.1, -0.05) is 68.4 Å². The Morgan fingerprint density at radius 1 is 0.717 bits per heavy atom. The number of Topliss-reactive ketones (excluding diaryl/α,β-unsaturated/α-hetero) is 2. The molecule has 0 aliphatic rings. The van der Waals surface area contributed by atoms with Crippen LogP contribution in [-0.2, 0) is 6.61 Å². The molecule has 1 unspecified atom stereocenters. The number of para-hydroxylation sites is 3. The number of hydrogen-bond acceptors (Lipinski definition) is 9. The predicted octanol–water partition coefficient (Wildman–Crippen LogP) is 10.2. The minimum atomic E-state index is -0.630. The third kappa shape index (κ3) is 9.18. The number of benzene rings is 4. The van der Waals surface area contributed by atoms with Gasteiger partial charge in [-0.25, -0.2) is 0 Å². The molecule has 6 aromatic rings. The summed E-state index contributed by atoms with van der Waals surface area (Å²) < 4.78 is 0. The molecule has 9 nitrogen and oxygen atoms in total. The van der Waals surface area contributed by atoms with Gasteiger partial charge in [-0.05, 0) is 69.0 Å². The highest BCUT2D eigenvalue weighted by atomic mass is 35.5. The standard InChI is InChI=1S/C22H24N2O2.C21H22N2O3.ClH/c1-4-8-20(26)18-13-23-21-16(15(3)25)10-7-11-17(21)22(18)24-19-12-6-5-9-14(19)2;1-3-5-19(26)17-11-22-20-14(12-24)6-4-7-16(20)21(17)23-18-9-8-15(25)10-13(18)2;/h5-7,9-13,15,25H,4,8H2,1-3H3,(H,23,24);4,6-11,24-25H,3,5,12H2,1-2H3,(H,22,23);1H. The van der Waals surface area contributed by atoms with Crippen molar-refractivity contribution in [3.8, 4) is 5.75 Å². The van der Waals surface area contributed by atoms with E-state index in [2.05, 4.69) is 20.6 Å². The number of halogens is 1. The predicted molar refractivity (Wildman–Crippen MR) is 216 cm³/mol. The van der Waals surface area contributed by atoms with Crippen LogP contribution in [0.3, 0.4) is 0 Å². The molecule has 0 spiro atoms. The van der Waals surface area contributed by atoms with E-state index in [-0.39, 0.29) is 36.3 Å². The van der Waals surface area contributed by atoms with E-state index in [1.165, 1.54) is 0 Å². The van der Waals surface area contributed by atoms with Crippen molar-refractivity contribution in [2.45, 2.75) is 73.0 Å². The van der Waals surface area contributed by atoms with Crippen molar-refractivity contribution in [1.82, 2.24) is 9.97 Å². The molecule has 53 heavy (non-hydrogen) atoms. The van der Waals surface area contributed by atoms with E-state index in [4.69, 9.17) is 0 Å². The Hall–Kier alpha value is -5.35. The van der Waals surface area contributed by atoms with Crippen molar-refractivity contribution in [2.24, 2.45) is 0 Å². The average molecular weight is 735 g/mol. The number of hydrogen-bond donors (Lipinski definition) is 5. The molecule has 6 rings (SSSR count). The number of aliphatic hydroxyl groups excluding tert-OH is 2. The molecule has 0 radical (unpaired) electrons. The number of aromatic nitrogens is 2. The summed E-state index contributed by atoms with van der Waals surface area (Å²) in [7, 11) is 0. The second-order valence-corrected chi connectivity index (χ2v) is 12.9. The van der Waals surface area contributed by atoms with Gasteiger partial charge in [-0.3, -0.25) is 19.6 Å². The van der Waals surface area contributed by atoms with E-state index >= 15 is 0 Å². The first-order chi connectivity index (χ1) is 25.1. The zero-order valence-corrected chi connectivity index (χ0v) is 31.6. The van der Waals surface area contributed by atoms with Gasteiger partial charge < -0.3 is 26.0 Å². The fraction of sp³-hybridized carbons (Fsp3) is 0.256. The number of anilines is 4. The van der Waals surface area contributed by atoms with Gasteiger partial charge in [-0.15, -0.1) is 12.4 Å². The van der Waals surface area contributed by atoms with Crippen LogP contribution in [0.25, 0.3) is 21.8 Å². The Morgan fingerprint density at radius 3 is 1.81 bits per heavy atom. The third-order valence-electron chi connectivity index (χ3n) is 8.96. The van der Waals surface area contributed by atoms with Gasteiger partial charge >= 0.3 is 0 Å². The second kappa shape index (κ2) is 18.4. The molecule has 0 saturated carbocycles. The maximum Gasteiger partial charge on any atom is 0.166 e. The van der Waals surface area contributed by atoms with Crippen molar-refractivity contribution in [2.75, 3.05) is 10.6 Å². The summed E-state index contributed by atoms with van der Waals surface area (Å²) in [5.74, 6) is 0.285. The number of aromatic hydroxyl groups is 1. The molecule has 2 aromatic heterocycles. The zero-order chi connectivity index (χ0) is 37.4. The Balaban J connectivity index is 0.000000232. The number of pyridine rings is 2. The molecule has 0 aliphatic heterocycles. The number of aliphatic hydroxyl groups is 2. The molecule has 10 heteroatoms. The molecule has 2 heterocycles. The molecule has 0 aliphatic carbocycles. The first kappa shape index (κ1) is 40.4. The Morgan fingerprint density at radius 2 is 1.26 bits per heavy atom. The summed E-state index contributed by atoms with van der Waals surface area (Å²) in [6, 6.07) is 24.3. The summed E-state index contributed by atoms with van der Waals surface area (Å²) in [5.41, 5.74) is 9.11. The highest BCUT2D eigenvalue weighted by Gasteiger charge is 2.19. The summed E-state index contributed by atoms with van der Waals surface area (Å²) >= 11 is 0. The van der Waals surface area contributed by atoms with Gasteiger partial charge in [0.1, 0.15) is 5.75 Å². The van der Waals surface area contributed by atoms with Crippen molar-refractivity contribution < 1.29 is 24.9 Å². The number of nitrogens with zero attached hydrogens (tertiary/aromatic N) is 2. The normalized spacial score (nSPS) is 11.3. The molecule has 0 saturated heterocycles. The minimum absolute atomic E-state index is 0. The SMILES string of the molecule is CCCC(=O)c1cnc2c(C(C)O)cccc2c1Nc1ccccc1C.CCCC(=O)c1cnc2c(CO)cccc2c1Nc1ccc(O)cc1C.Cl. The van der Waals surface area contributed by atoms with Crippen molar-refractivity contribution in [1.29, 1.82) is 0 Å². The molecule has 0 fully saturated rings. The van der Waals surface area contributed by atoms with E-state index in [1.54, 1.807) is 37.5 Å². The number of phenols is 1. The molecular formula is C43H47ClN4O5. The van der Waals surface area contributed by atoms with Crippen molar-refractivity contribution in [3.05, 3.63) is 125 Å². The van der Waals surface area contributed by atoms with Gasteiger partial charge in [0.2, 0.25) is 0 Å². The lowest BCUT2D eigenvalue weighted by Gasteiger charge is -2.17. The Bertz CT molecular complexity index is 2240. The molecular weight excluding hydrogens is 688 g/mol. The fourth-order valence-electron chi connectivity index (χ4n) is 6.18. The molecule has 276 valence electrons. The highest BCUT2D eigenvalue weighted by molar-refractivity contribution is 6.10. The number of ketones is 2. The van der Waals surface area contributed by atoms with Crippen LogP contribution in [0.15, 0.2) is 91.3 Å². The molecule has 4 aromatic carbocycles. The lowest BCUT2D eigenvalue weighted by molar-refractivity contribution is 0.0974. The summed E-state index contributed by atoms with van der Waals surface area (Å²) in [6.45, 7) is 9.48. The first-order valence-corrected chi connectivity index (χ1v) is 17.6. The number of phenolic OH excluding ortho intramolecular Hbond substituents is 1. The number of nitrogens with one attached hydrogen (secondary N) is 2. The number of aryl methyl sites for hydroxylation is 2. The monoisotopic (exact) mass is 734 g/mol. The number of carbonyl (C=O) groups excluding carboxylic acids is 2. The van der Waals surface area contributed by atoms with Crippen molar-refractivity contribution in [3.63, 3.8) is 0 Å². The van der Waals surface area contributed by atoms with E-state index < -0.39 is 6.10 Å². The number of rotatable bonds is 12. The molecule has 0 bridgehead atoms. The maximum atomic E-state index is 12.7. The smallest absolute Gasteiger partial charge is 0.166 e. The lowest BCUT2D eigenvalue weighted by atomic mass is 9.99. The van der Waals surface area contributed by atoms with E-state index in [0.29, 0.717) is 46.3 Å². The van der Waals surface area contributed by atoms with E-state index in [9.17, 15) is 24.9 Å². The zero-order valence-electron chi connectivity index (χ0n) is 30.7. The molecule has 5 N–H and O–H groups in total. The minimum Gasteiger partial charge on any atom is -0.508 e. The van der Waals surface area contributed by atoms with Crippen LogP contribution in [0.1, 0.15) is 95.5 Å². The average Bonchev–Trinajstić information content (AvgIpc) is 3.13. The van der Waals surface area contributed by atoms with E-state index in [0.717, 1.165) is 57.4 Å². The van der Waals surface area contributed by atoms with E-state index in [1.807, 2.05) is 88.4 Å².